The fourth-order valence-electron chi connectivity index (χ4n) is 2.33. The second-order valence-corrected chi connectivity index (χ2v) is 6.10. The summed E-state index contributed by atoms with van der Waals surface area (Å²) in [5.74, 6) is -3.25. The fraction of sp³-hybridized carbons (Fsp3) is 0.389. The first-order valence-corrected chi connectivity index (χ1v) is 8.74. The number of H-pyrrole nitrogens is 1. The number of carboxylic acid groups (broad SMARTS) is 2. The van der Waals surface area contributed by atoms with Crippen LogP contribution < -0.4 is 11.1 Å². The maximum atomic E-state index is 11.4. The van der Waals surface area contributed by atoms with Crippen molar-refractivity contribution < 1.29 is 45.4 Å². The van der Waals surface area contributed by atoms with Gasteiger partial charge in [0.2, 0.25) is 5.91 Å². The molecule has 1 aromatic heterocycles. The molecule has 0 aliphatic rings. The number of amides is 1. The van der Waals surface area contributed by atoms with Crippen molar-refractivity contribution in [3.8, 4) is 5.75 Å². The summed E-state index contributed by atoms with van der Waals surface area (Å²) in [6.07, 6.45) is -0.693. The van der Waals surface area contributed by atoms with Gasteiger partial charge in [0.1, 0.15) is 5.75 Å². The van der Waals surface area contributed by atoms with E-state index < -0.39 is 24.1 Å². The molecule has 0 spiro atoms. The number of nitrogens with one attached hydrogen (secondary N) is 2. The van der Waals surface area contributed by atoms with Gasteiger partial charge in [-0.1, -0.05) is 0 Å². The van der Waals surface area contributed by atoms with Crippen molar-refractivity contribution in [2.24, 2.45) is 5.73 Å². The molecule has 12 nitrogen and oxygen atoms in total. The van der Waals surface area contributed by atoms with Crippen LogP contribution in [0.5, 0.6) is 5.75 Å². The van der Waals surface area contributed by atoms with E-state index in [4.69, 9.17) is 26.2 Å². The zero-order chi connectivity index (χ0) is 22.0. The molecule has 0 radical (unpaired) electrons. The maximum Gasteiger partial charge on any atom is 0.335 e. The highest BCUT2D eigenvalue weighted by Gasteiger charge is 2.29. The second-order valence-electron chi connectivity index (χ2n) is 6.10. The summed E-state index contributed by atoms with van der Waals surface area (Å²) in [5, 5.41) is 45.9. The molecule has 168 valence electrons. The van der Waals surface area contributed by atoms with E-state index in [9.17, 15) is 19.5 Å². The van der Waals surface area contributed by atoms with Crippen molar-refractivity contribution >= 4 is 28.7 Å². The van der Waals surface area contributed by atoms with Crippen LogP contribution in [0.1, 0.15) is 18.4 Å². The number of aromatic nitrogens is 1. The van der Waals surface area contributed by atoms with E-state index in [0.29, 0.717) is 25.9 Å². The lowest BCUT2D eigenvalue weighted by atomic mass is 10.1. The van der Waals surface area contributed by atoms with Crippen LogP contribution in [0.2, 0.25) is 0 Å². The van der Waals surface area contributed by atoms with Crippen LogP contribution in [0.15, 0.2) is 24.4 Å². The molecular formula is C18H27N3O9. The molecule has 2 rings (SSSR count). The molecule has 0 saturated heterocycles. The van der Waals surface area contributed by atoms with Crippen molar-refractivity contribution in [2.75, 3.05) is 13.1 Å². The molecule has 0 fully saturated rings. The Kier molecular flexibility index (Phi) is 11.7. The molecule has 2 unspecified atom stereocenters. The molecule has 30 heavy (non-hydrogen) atoms. The summed E-state index contributed by atoms with van der Waals surface area (Å²) in [6.45, 7) is 1.13. The number of hydrogen-bond donors (Lipinski definition) is 8. The lowest BCUT2D eigenvalue weighted by Crippen LogP contribution is -2.39. The predicted octanol–water partition coefficient (Wildman–Crippen LogP) is -1.68. The third-order valence-corrected chi connectivity index (χ3v) is 3.88. The number of aliphatic hydroxyl groups excluding tert-OH is 2. The van der Waals surface area contributed by atoms with Gasteiger partial charge < -0.3 is 47.0 Å². The average molecular weight is 429 g/mol. The molecular weight excluding hydrogens is 402 g/mol. The van der Waals surface area contributed by atoms with Gasteiger partial charge in [0.05, 0.1) is 0 Å². The van der Waals surface area contributed by atoms with Crippen LogP contribution in [-0.2, 0) is 20.8 Å². The van der Waals surface area contributed by atoms with Gasteiger partial charge in [-0.05, 0) is 43.1 Å². The predicted molar refractivity (Wildman–Crippen MR) is 106 cm³/mol. The number of hydrogen-bond acceptors (Lipinski definition) is 7. The standard InChI is InChI=1S/C14H19N3O2.C4H6O6.H2O/c15-6-1-2-14(19)16-7-5-10-9-17-13-4-3-11(18)8-12(10)13;5-1(3(7)8)2(6)4(9)10;/h3-4,8-9,17-18H,1-2,5-7,15H2,(H,16,19);1-2,5-6H,(H,7,8)(H,9,10);1H2. The molecule has 11 N–H and O–H groups in total. The summed E-state index contributed by atoms with van der Waals surface area (Å²) >= 11 is 0. The van der Waals surface area contributed by atoms with Crippen molar-refractivity contribution in [1.82, 2.24) is 10.3 Å². The minimum absolute atomic E-state index is 0. The SMILES string of the molecule is NCCCC(=O)NCCc1c[nH]c2ccc(O)cc12.O.O=C(O)C(O)C(O)C(=O)O. The number of carboxylic acids is 2. The van der Waals surface area contributed by atoms with Gasteiger partial charge in [-0.15, -0.1) is 0 Å². The number of phenolic OH excluding ortho intramolecular Hbond substituents is 1. The van der Waals surface area contributed by atoms with Crippen LogP contribution in [0.3, 0.4) is 0 Å². The molecule has 0 bridgehead atoms. The van der Waals surface area contributed by atoms with Crippen LogP contribution >= 0.6 is 0 Å². The maximum absolute atomic E-state index is 11.4. The van der Waals surface area contributed by atoms with Gasteiger partial charge in [-0.2, -0.15) is 0 Å². The monoisotopic (exact) mass is 429 g/mol. The number of aliphatic hydroxyl groups is 2. The first-order chi connectivity index (χ1) is 13.7. The van der Waals surface area contributed by atoms with Crippen LogP contribution in [-0.4, -0.2) is 79.1 Å². The highest BCUT2D eigenvalue weighted by atomic mass is 16.4. The van der Waals surface area contributed by atoms with Crippen molar-refractivity contribution in [2.45, 2.75) is 31.5 Å². The summed E-state index contributed by atoms with van der Waals surface area (Å²) in [7, 11) is 0. The quantitative estimate of drug-likeness (QED) is 0.227. The minimum atomic E-state index is -2.27. The third-order valence-electron chi connectivity index (χ3n) is 3.88. The Bertz CT molecular complexity index is 819. The van der Waals surface area contributed by atoms with Crippen LogP contribution in [0.25, 0.3) is 10.9 Å². The minimum Gasteiger partial charge on any atom is -0.508 e. The molecule has 0 aliphatic heterocycles. The van der Waals surface area contributed by atoms with Crippen LogP contribution in [0, 0.1) is 0 Å². The van der Waals surface area contributed by atoms with E-state index in [1.807, 2.05) is 12.3 Å². The first kappa shape index (κ1) is 26.8. The van der Waals surface area contributed by atoms with Crippen molar-refractivity contribution in [3.05, 3.63) is 30.0 Å². The number of rotatable bonds is 9. The van der Waals surface area contributed by atoms with Gasteiger partial charge in [-0.25, -0.2) is 9.59 Å². The summed E-state index contributed by atoms with van der Waals surface area (Å²) in [4.78, 5) is 34.1. The van der Waals surface area contributed by atoms with E-state index in [2.05, 4.69) is 10.3 Å². The van der Waals surface area contributed by atoms with Crippen LogP contribution in [0.4, 0.5) is 0 Å². The van der Waals surface area contributed by atoms with Crippen molar-refractivity contribution in [1.29, 1.82) is 0 Å². The number of carbonyl (C=O) groups excluding carboxylic acids is 1. The molecule has 12 heteroatoms. The molecule has 1 heterocycles. The Balaban J connectivity index is 0.000000658. The molecule has 2 atom stereocenters. The summed E-state index contributed by atoms with van der Waals surface area (Å²) < 4.78 is 0. The Morgan fingerprint density at radius 2 is 1.70 bits per heavy atom. The summed E-state index contributed by atoms with van der Waals surface area (Å²) in [6, 6.07) is 5.22. The van der Waals surface area contributed by atoms with Gasteiger partial charge in [-0.3, -0.25) is 4.79 Å². The second kappa shape index (κ2) is 13.1. The fourth-order valence-corrected chi connectivity index (χ4v) is 2.33. The van der Waals surface area contributed by atoms with E-state index in [1.54, 1.807) is 12.1 Å². The number of nitrogens with two attached hydrogens (primary N) is 1. The van der Waals surface area contributed by atoms with Gasteiger partial charge >= 0.3 is 11.9 Å². The van der Waals surface area contributed by atoms with E-state index in [1.165, 1.54) is 0 Å². The molecule has 1 aromatic carbocycles. The van der Waals surface area contributed by atoms with E-state index in [-0.39, 0.29) is 17.1 Å². The summed E-state index contributed by atoms with van der Waals surface area (Å²) in [5.41, 5.74) is 7.43. The number of aliphatic carboxylic acids is 2. The number of fused-ring (bicyclic) bond motifs is 1. The van der Waals surface area contributed by atoms with Gasteiger partial charge in [0.25, 0.3) is 0 Å². The molecule has 0 aliphatic carbocycles. The normalized spacial score (nSPS) is 12.1. The number of aromatic hydroxyl groups is 1. The Hall–Kier alpha value is -3.19. The zero-order valence-electron chi connectivity index (χ0n) is 16.0. The lowest BCUT2D eigenvalue weighted by molar-refractivity contribution is -0.165. The topological polar surface area (TPSA) is 238 Å². The van der Waals surface area contributed by atoms with E-state index >= 15 is 0 Å². The number of aromatic amines is 1. The number of carbonyl (C=O) groups is 3. The van der Waals surface area contributed by atoms with Gasteiger partial charge in [0.15, 0.2) is 12.2 Å². The Morgan fingerprint density at radius 3 is 2.23 bits per heavy atom. The average Bonchev–Trinajstić information content (AvgIpc) is 3.07. The molecule has 0 saturated carbocycles. The molecule has 2 aromatic rings. The van der Waals surface area contributed by atoms with Gasteiger partial charge in [0, 0.05) is 30.1 Å². The first-order valence-electron chi connectivity index (χ1n) is 8.74. The Morgan fingerprint density at radius 1 is 1.10 bits per heavy atom. The number of phenols is 1. The number of benzene rings is 1. The smallest absolute Gasteiger partial charge is 0.335 e. The molecule has 1 amide bonds. The highest BCUT2D eigenvalue weighted by molar-refractivity contribution is 5.85. The zero-order valence-corrected chi connectivity index (χ0v) is 16.0. The third kappa shape index (κ3) is 8.45. The van der Waals surface area contributed by atoms with E-state index in [0.717, 1.165) is 22.9 Å². The van der Waals surface area contributed by atoms with Crippen molar-refractivity contribution in [3.63, 3.8) is 0 Å². The highest BCUT2D eigenvalue weighted by Crippen LogP contribution is 2.22. The largest absolute Gasteiger partial charge is 0.508 e. The Labute approximate surface area is 171 Å². The lowest BCUT2D eigenvalue weighted by Gasteiger charge is -2.07.